The lowest BCUT2D eigenvalue weighted by Gasteiger charge is -2.33. The van der Waals surface area contributed by atoms with Crippen LogP contribution in [0.15, 0.2) is 0 Å². The Morgan fingerprint density at radius 1 is 0.929 bits per heavy atom. The molecule has 5 atom stereocenters. The third kappa shape index (κ3) is 12.6. The predicted octanol–water partition coefficient (Wildman–Crippen LogP) is 0.818. The molecule has 1 saturated heterocycles. The molecule has 4 N–H and O–H groups in total. The maximum atomic E-state index is 14.0. The summed E-state index contributed by atoms with van der Waals surface area (Å²) in [5.74, 6) is -2.32. The Kier molecular flexibility index (Phi) is 15.9. The fraction of sp³-hybridized carbons (Fsp3) is 0.867. The summed E-state index contributed by atoms with van der Waals surface area (Å²) in [5, 5.41) is 11.9. The standard InChI is InChI=1S/C30H54N4O8/c1-20(2)18-33-28(37)23-17-21(42-29(38)24-8-7-9-32-24)16-22(23)26(36)27(30(3,4)5)34-25(35)19-41-15-14-40-13-12-39-11-10-31-6/h20-24,27,31-32H,7-19H2,1-6H3,(H,33,37)(H,34,35). The number of likely N-dealkylation sites (N-methyl/N-ethyl adjacent to an activating group) is 1. The quantitative estimate of drug-likeness (QED) is 0.124. The molecule has 242 valence electrons. The van der Waals surface area contributed by atoms with Gasteiger partial charge in [-0.15, -0.1) is 0 Å². The molecule has 0 spiro atoms. The number of esters is 1. The Bertz CT molecular complexity index is 857. The molecule has 12 heteroatoms. The van der Waals surface area contributed by atoms with Gasteiger partial charge in [0.15, 0.2) is 5.78 Å². The number of rotatable bonds is 19. The molecule has 1 aliphatic carbocycles. The van der Waals surface area contributed by atoms with Crippen molar-refractivity contribution >= 4 is 23.6 Å². The molecule has 0 aromatic heterocycles. The molecular formula is C30H54N4O8. The highest BCUT2D eigenvalue weighted by molar-refractivity contribution is 5.95. The van der Waals surface area contributed by atoms with Crippen LogP contribution >= 0.6 is 0 Å². The van der Waals surface area contributed by atoms with Gasteiger partial charge in [0.05, 0.1) is 45.0 Å². The van der Waals surface area contributed by atoms with Crippen molar-refractivity contribution in [3.63, 3.8) is 0 Å². The van der Waals surface area contributed by atoms with Crippen LogP contribution in [-0.2, 0) is 38.1 Å². The van der Waals surface area contributed by atoms with E-state index in [2.05, 4.69) is 21.3 Å². The molecular weight excluding hydrogens is 544 g/mol. The minimum absolute atomic E-state index is 0.223. The highest BCUT2D eigenvalue weighted by atomic mass is 16.5. The topological polar surface area (TPSA) is 153 Å². The van der Waals surface area contributed by atoms with Crippen LogP contribution < -0.4 is 21.3 Å². The van der Waals surface area contributed by atoms with E-state index in [1.165, 1.54) is 0 Å². The van der Waals surface area contributed by atoms with Crippen LogP contribution in [-0.4, -0.2) is 108 Å². The summed E-state index contributed by atoms with van der Waals surface area (Å²) in [5.41, 5.74) is -0.620. The van der Waals surface area contributed by atoms with Gasteiger partial charge in [-0.25, -0.2) is 0 Å². The Morgan fingerprint density at radius 2 is 1.57 bits per heavy atom. The Morgan fingerprint density at radius 3 is 2.17 bits per heavy atom. The number of carbonyl (C=O) groups excluding carboxylic acids is 4. The second-order valence-corrected chi connectivity index (χ2v) is 12.7. The molecule has 2 rings (SSSR count). The van der Waals surface area contributed by atoms with Gasteiger partial charge in [-0.3, -0.25) is 19.2 Å². The van der Waals surface area contributed by atoms with Crippen molar-refractivity contribution in [3.8, 4) is 0 Å². The predicted molar refractivity (Wildman–Crippen MR) is 158 cm³/mol. The fourth-order valence-corrected chi connectivity index (χ4v) is 5.17. The second-order valence-electron chi connectivity index (χ2n) is 12.7. The molecule has 42 heavy (non-hydrogen) atoms. The Balaban J connectivity index is 1.96. The molecule has 2 fully saturated rings. The number of carbonyl (C=O) groups is 4. The molecule has 1 aliphatic heterocycles. The van der Waals surface area contributed by atoms with Crippen molar-refractivity contribution in [2.75, 3.05) is 66.3 Å². The summed E-state index contributed by atoms with van der Waals surface area (Å²) < 4.78 is 22.1. The number of ether oxygens (including phenoxy) is 4. The van der Waals surface area contributed by atoms with E-state index in [-0.39, 0.29) is 55.7 Å². The summed E-state index contributed by atoms with van der Waals surface area (Å²) >= 11 is 0. The molecule has 5 unspecified atom stereocenters. The summed E-state index contributed by atoms with van der Waals surface area (Å²) in [6.07, 6.45) is 1.59. The van der Waals surface area contributed by atoms with Crippen LogP contribution in [0.5, 0.6) is 0 Å². The van der Waals surface area contributed by atoms with Crippen molar-refractivity contribution in [2.24, 2.45) is 23.2 Å². The van der Waals surface area contributed by atoms with Crippen molar-refractivity contribution < 1.29 is 38.1 Å². The highest BCUT2D eigenvalue weighted by Gasteiger charge is 2.48. The number of ketones is 1. The van der Waals surface area contributed by atoms with Gasteiger partial charge >= 0.3 is 5.97 Å². The molecule has 2 amide bonds. The molecule has 2 aliphatic rings. The van der Waals surface area contributed by atoms with Gasteiger partial charge in [-0.2, -0.15) is 0 Å². The first kappa shape index (κ1) is 36.1. The molecule has 12 nitrogen and oxygen atoms in total. The van der Waals surface area contributed by atoms with Crippen molar-refractivity contribution in [2.45, 2.75) is 78.5 Å². The van der Waals surface area contributed by atoms with Crippen LogP contribution in [0, 0.1) is 23.2 Å². The first-order valence-corrected chi connectivity index (χ1v) is 15.4. The number of hydrogen-bond donors (Lipinski definition) is 4. The maximum Gasteiger partial charge on any atom is 0.323 e. The first-order valence-electron chi connectivity index (χ1n) is 15.4. The third-order valence-corrected chi connectivity index (χ3v) is 7.46. The number of nitrogens with one attached hydrogen (secondary N) is 4. The number of Topliss-reactive ketones (excluding diaryl/α,β-unsaturated/α-hetero) is 1. The average molecular weight is 599 g/mol. The van der Waals surface area contributed by atoms with Crippen molar-refractivity contribution in [3.05, 3.63) is 0 Å². The number of amides is 2. The van der Waals surface area contributed by atoms with Gasteiger partial charge in [-0.05, 0) is 50.6 Å². The first-order chi connectivity index (χ1) is 19.9. The normalized spacial score (nSPS) is 23.1. The van der Waals surface area contributed by atoms with Crippen LogP contribution in [0.25, 0.3) is 0 Å². The lowest BCUT2D eigenvalue weighted by atomic mass is 9.77. The molecule has 0 aromatic rings. The van der Waals surface area contributed by atoms with E-state index < -0.39 is 35.3 Å². The molecule has 0 radical (unpaired) electrons. The molecule has 0 bridgehead atoms. The summed E-state index contributed by atoms with van der Waals surface area (Å²) in [6.45, 7) is 13.5. The monoisotopic (exact) mass is 598 g/mol. The van der Waals surface area contributed by atoms with E-state index >= 15 is 0 Å². The SMILES string of the molecule is CNCCOCCOCCOCC(=O)NC(C(=O)C1CC(OC(=O)C2CCCN2)CC1C(=O)NCC(C)C)C(C)(C)C. The van der Waals surface area contributed by atoms with Crippen LogP contribution in [0.3, 0.4) is 0 Å². The zero-order valence-electron chi connectivity index (χ0n) is 26.4. The smallest absolute Gasteiger partial charge is 0.323 e. The largest absolute Gasteiger partial charge is 0.461 e. The lowest BCUT2D eigenvalue weighted by molar-refractivity contribution is -0.151. The number of hydrogen-bond acceptors (Lipinski definition) is 10. The third-order valence-electron chi connectivity index (χ3n) is 7.46. The van der Waals surface area contributed by atoms with E-state index in [0.29, 0.717) is 39.4 Å². The van der Waals surface area contributed by atoms with Gasteiger partial charge in [0, 0.05) is 19.0 Å². The molecule has 0 aromatic carbocycles. The van der Waals surface area contributed by atoms with Crippen LogP contribution in [0.1, 0.15) is 60.3 Å². The van der Waals surface area contributed by atoms with Gasteiger partial charge in [0.1, 0.15) is 18.8 Å². The van der Waals surface area contributed by atoms with E-state index in [0.717, 1.165) is 19.5 Å². The van der Waals surface area contributed by atoms with Crippen LogP contribution in [0.4, 0.5) is 0 Å². The summed E-state index contributed by atoms with van der Waals surface area (Å²) in [6, 6.07) is -1.20. The van der Waals surface area contributed by atoms with E-state index in [4.69, 9.17) is 18.9 Å². The van der Waals surface area contributed by atoms with E-state index in [9.17, 15) is 19.2 Å². The van der Waals surface area contributed by atoms with Gasteiger partial charge in [0.2, 0.25) is 11.8 Å². The van der Waals surface area contributed by atoms with E-state index in [1.54, 1.807) is 0 Å². The molecule has 1 saturated carbocycles. The maximum absolute atomic E-state index is 14.0. The molecule has 1 heterocycles. The van der Waals surface area contributed by atoms with Gasteiger partial charge in [-0.1, -0.05) is 34.6 Å². The average Bonchev–Trinajstić information content (AvgIpc) is 3.61. The van der Waals surface area contributed by atoms with Crippen molar-refractivity contribution in [1.82, 2.24) is 21.3 Å². The van der Waals surface area contributed by atoms with Gasteiger partial charge in [0.25, 0.3) is 0 Å². The second kappa shape index (κ2) is 18.5. The minimum atomic E-state index is -0.851. The zero-order chi connectivity index (χ0) is 31.1. The highest BCUT2D eigenvalue weighted by Crippen LogP contribution is 2.38. The van der Waals surface area contributed by atoms with Crippen LogP contribution in [0.2, 0.25) is 0 Å². The Labute approximate surface area is 251 Å². The van der Waals surface area contributed by atoms with Crippen molar-refractivity contribution in [1.29, 1.82) is 0 Å². The Hall–Kier alpha value is -2.12. The lowest BCUT2D eigenvalue weighted by Crippen LogP contribution is -2.53. The zero-order valence-corrected chi connectivity index (χ0v) is 26.4. The van der Waals surface area contributed by atoms with Gasteiger partial charge < -0.3 is 40.2 Å². The summed E-state index contributed by atoms with van der Waals surface area (Å²) in [7, 11) is 1.86. The fourth-order valence-electron chi connectivity index (χ4n) is 5.17. The minimum Gasteiger partial charge on any atom is -0.461 e. The summed E-state index contributed by atoms with van der Waals surface area (Å²) in [4.78, 5) is 52.7. The van der Waals surface area contributed by atoms with E-state index in [1.807, 2.05) is 41.7 Å².